The van der Waals surface area contributed by atoms with Gasteiger partial charge in [-0.05, 0) is 29.8 Å². The summed E-state index contributed by atoms with van der Waals surface area (Å²) in [7, 11) is 2.89. The minimum absolute atomic E-state index is 0.199. The number of esters is 1. The molecule has 2 aromatic carbocycles. The number of ether oxygens (including phenoxy) is 2. The number of carbonyl (C=O) groups is 2. The number of hydrogen-bond acceptors (Lipinski definition) is 4. The van der Waals surface area contributed by atoms with Crippen molar-refractivity contribution < 1.29 is 19.1 Å². The molecule has 0 aromatic heterocycles. The Labute approximate surface area is 134 Å². The van der Waals surface area contributed by atoms with Gasteiger partial charge in [0.2, 0.25) is 0 Å². The Morgan fingerprint density at radius 2 is 1.65 bits per heavy atom. The molecule has 2 aromatic rings. The average molecular weight is 314 g/mol. The molecule has 0 heterocycles. The third-order valence-electron chi connectivity index (χ3n) is 3.14. The molecule has 0 atom stereocenters. The van der Waals surface area contributed by atoms with Crippen molar-refractivity contribution in [2.45, 2.75) is 6.42 Å². The molecule has 0 spiro atoms. The number of hydrogen-bond donors (Lipinski definition) is 2. The van der Waals surface area contributed by atoms with Crippen LogP contribution in [0.1, 0.15) is 5.56 Å². The predicted molar refractivity (Wildman–Crippen MR) is 87.8 cm³/mol. The summed E-state index contributed by atoms with van der Waals surface area (Å²) >= 11 is 0. The zero-order valence-corrected chi connectivity index (χ0v) is 13.0. The monoisotopic (exact) mass is 314 g/mol. The third kappa shape index (κ3) is 4.74. The lowest BCUT2D eigenvalue weighted by Gasteiger charge is -2.11. The Balaban J connectivity index is 1.96. The van der Waals surface area contributed by atoms with Gasteiger partial charge in [0.05, 0.1) is 26.3 Å². The molecular weight excluding hydrogens is 296 g/mol. The second kappa shape index (κ2) is 7.84. The fourth-order valence-corrected chi connectivity index (χ4v) is 1.98. The van der Waals surface area contributed by atoms with Gasteiger partial charge in [-0.15, -0.1) is 0 Å². The van der Waals surface area contributed by atoms with E-state index in [0.717, 1.165) is 5.56 Å². The zero-order valence-electron chi connectivity index (χ0n) is 13.0. The van der Waals surface area contributed by atoms with Crippen LogP contribution in [0.15, 0.2) is 48.5 Å². The van der Waals surface area contributed by atoms with Gasteiger partial charge < -0.3 is 20.1 Å². The Kier molecular flexibility index (Phi) is 5.57. The number of rotatable bonds is 5. The molecule has 0 aliphatic carbocycles. The first kappa shape index (κ1) is 16.4. The van der Waals surface area contributed by atoms with Crippen LogP contribution >= 0.6 is 0 Å². The molecule has 0 radical (unpaired) electrons. The van der Waals surface area contributed by atoms with Crippen molar-refractivity contribution in [2.75, 3.05) is 24.9 Å². The Bertz CT molecular complexity index is 683. The number of benzene rings is 2. The highest BCUT2D eigenvalue weighted by Crippen LogP contribution is 2.23. The molecule has 2 rings (SSSR count). The van der Waals surface area contributed by atoms with E-state index in [4.69, 9.17) is 4.74 Å². The fraction of sp³-hybridized carbons (Fsp3) is 0.176. The molecular formula is C17H18N2O4. The van der Waals surface area contributed by atoms with E-state index in [2.05, 4.69) is 15.4 Å². The Hall–Kier alpha value is -3.02. The minimum Gasteiger partial charge on any atom is -0.495 e. The number of amides is 2. The summed E-state index contributed by atoms with van der Waals surface area (Å²) in [4.78, 5) is 23.2. The van der Waals surface area contributed by atoms with E-state index in [1.807, 2.05) is 6.07 Å². The van der Waals surface area contributed by atoms with Crippen molar-refractivity contribution in [1.29, 1.82) is 0 Å². The van der Waals surface area contributed by atoms with Crippen LogP contribution in [-0.2, 0) is 16.0 Å². The summed E-state index contributed by atoms with van der Waals surface area (Å²) in [5, 5.41) is 5.43. The van der Waals surface area contributed by atoms with Crippen molar-refractivity contribution in [2.24, 2.45) is 0 Å². The largest absolute Gasteiger partial charge is 0.495 e. The second-order valence-corrected chi connectivity index (χ2v) is 4.73. The molecule has 120 valence electrons. The van der Waals surface area contributed by atoms with Crippen LogP contribution < -0.4 is 15.4 Å². The van der Waals surface area contributed by atoms with Crippen molar-refractivity contribution in [3.63, 3.8) is 0 Å². The van der Waals surface area contributed by atoms with Gasteiger partial charge in [-0.2, -0.15) is 0 Å². The molecule has 0 aliphatic rings. The van der Waals surface area contributed by atoms with Crippen LogP contribution in [0, 0.1) is 0 Å². The van der Waals surface area contributed by atoms with E-state index < -0.39 is 0 Å². The lowest BCUT2D eigenvalue weighted by molar-refractivity contribution is -0.139. The van der Waals surface area contributed by atoms with E-state index in [-0.39, 0.29) is 18.4 Å². The maximum atomic E-state index is 12.0. The van der Waals surface area contributed by atoms with Crippen molar-refractivity contribution in [1.82, 2.24) is 0 Å². The topological polar surface area (TPSA) is 76.7 Å². The smallest absolute Gasteiger partial charge is 0.323 e. The number of methoxy groups -OCH3 is 2. The van der Waals surface area contributed by atoms with Gasteiger partial charge in [-0.1, -0.05) is 24.3 Å². The SMILES string of the molecule is COC(=O)Cc1ccc(NC(=O)Nc2ccccc2OC)cc1. The van der Waals surface area contributed by atoms with Gasteiger partial charge in [0.25, 0.3) is 0 Å². The highest BCUT2D eigenvalue weighted by molar-refractivity contribution is 6.00. The number of urea groups is 1. The number of para-hydroxylation sites is 2. The first-order valence-electron chi connectivity index (χ1n) is 6.99. The van der Waals surface area contributed by atoms with Crippen molar-refractivity contribution in [3.05, 3.63) is 54.1 Å². The molecule has 23 heavy (non-hydrogen) atoms. The second-order valence-electron chi connectivity index (χ2n) is 4.73. The van der Waals surface area contributed by atoms with Crippen LogP contribution in [0.2, 0.25) is 0 Å². The summed E-state index contributed by atoms with van der Waals surface area (Å²) in [5.41, 5.74) is 2.01. The van der Waals surface area contributed by atoms with Crippen LogP contribution in [0.4, 0.5) is 16.2 Å². The molecule has 0 bridgehead atoms. The van der Waals surface area contributed by atoms with Gasteiger partial charge >= 0.3 is 12.0 Å². The maximum Gasteiger partial charge on any atom is 0.323 e. The molecule has 0 unspecified atom stereocenters. The lowest BCUT2D eigenvalue weighted by atomic mass is 10.1. The fourth-order valence-electron chi connectivity index (χ4n) is 1.98. The quantitative estimate of drug-likeness (QED) is 0.832. The standard InChI is InChI=1S/C17H18N2O4/c1-22-15-6-4-3-5-14(15)19-17(21)18-13-9-7-12(8-10-13)11-16(20)23-2/h3-10H,11H2,1-2H3,(H2,18,19,21). The van der Waals surface area contributed by atoms with E-state index in [0.29, 0.717) is 17.1 Å². The van der Waals surface area contributed by atoms with Gasteiger partial charge in [0.1, 0.15) is 5.75 Å². The Morgan fingerprint density at radius 3 is 2.30 bits per heavy atom. The van der Waals surface area contributed by atoms with Gasteiger partial charge in [0.15, 0.2) is 0 Å². The van der Waals surface area contributed by atoms with Gasteiger partial charge in [0, 0.05) is 5.69 Å². The number of anilines is 2. The number of nitrogens with one attached hydrogen (secondary N) is 2. The van der Waals surface area contributed by atoms with Crippen LogP contribution in [0.25, 0.3) is 0 Å². The highest BCUT2D eigenvalue weighted by Gasteiger charge is 2.07. The van der Waals surface area contributed by atoms with E-state index in [1.54, 1.807) is 49.6 Å². The molecule has 2 N–H and O–H groups in total. The number of carbonyl (C=O) groups excluding carboxylic acids is 2. The first-order valence-corrected chi connectivity index (χ1v) is 6.99. The summed E-state index contributed by atoms with van der Waals surface area (Å²) in [6.07, 6.45) is 0.199. The summed E-state index contributed by atoms with van der Waals surface area (Å²) in [6.45, 7) is 0. The molecule has 0 aliphatic heterocycles. The van der Waals surface area contributed by atoms with Crippen LogP contribution in [-0.4, -0.2) is 26.2 Å². The predicted octanol–water partition coefficient (Wildman–Crippen LogP) is 3.05. The highest BCUT2D eigenvalue weighted by atomic mass is 16.5. The molecule has 6 nitrogen and oxygen atoms in total. The van der Waals surface area contributed by atoms with Crippen LogP contribution in [0.5, 0.6) is 5.75 Å². The molecule has 2 amide bonds. The normalized spacial score (nSPS) is 9.83. The van der Waals surface area contributed by atoms with Crippen LogP contribution in [0.3, 0.4) is 0 Å². The third-order valence-corrected chi connectivity index (χ3v) is 3.14. The first-order chi connectivity index (χ1) is 11.1. The maximum absolute atomic E-state index is 12.0. The minimum atomic E-state index is -0.379. The van der Waals surface area contributed by atoms with Crippen molar-refractivity contribution >= 4 is 23.4 Å². The van der Waals surface area contributed by atoms with Gasteiger partial charge in [-0.25, -0.2) is 4.79 Å². The van der Waals surface area contributed by atoms with Crippen molar-refractivity contribution in [3.8, 4) is 5.75 Å². The summed E-state index contributed by atoms with van der Waals surface area (Å²) in [5.74, 6) is 0.274. The van der Waals surface area contributed by atoms with Gasteiger partial charge in [-0.3, -0.25) is 4.79 Å². The zero-order chi connectivity index (χ0) is 16.7. The Morgan fingerprint density at radius 1 is 0.957 bits per heavy atom. The summed E-state index contributed by atoms with van der Waals surface area (Å²) < 4.78 is 9.78. The van der Waals surface area contributed by atoms with E-state index >= 15 is 0 Å². The van der Waals surface area contributed by atoms with E-state index in [9.17, 15) is 9.59 Å². The lowest BCUT2D eigenvalue weighted by Crippen LogP contribution is -2.19. The molecule has 6 heteroatoms. The van der Waals surface area contributed by atoms with E-state index in [1.165, 1.54) is 7.11 Å². The average Bonchev–Trinajstić information content (AvgIpc) is 2.57. The summed E-state index contributed by atoms with van der Waals surface area (Å²) in [6, 6.07) is 13.7. The molecule has 0 saturated heterocycles. The molecule has 0 saturated carbocycles. The molecule has 0 fully saturated rings.